The zero-order valence-electron chi connectivity index (χ0n) is 8.30. The maximum atomic E-state index is 11.1. The molecule has 1 aromatic heterocycles. The van der Waals surface area contributed by atoms with Crippen LogP contribution in [0, 0.1) is 0 Å². The summed E-state index contributed by atoms with van der Waals surface area (Å²) in [6.07, 6.45) is 0. The minimum absolute atomic E-state index is 0.181. The summed E-state index contributed by atoms with van der Waals surface area (Å²) in [5, 5.41) is 0.635. The summed E-state index contributed by atoms with van der Waals surface area (Å²) in [5.41, 5.74) is 7.80. The molecule has 1 aromatic carbocycles. The van der Waals surface area contributed by atoms with Crippen LogP contribution < -0.4 is 11.4 Å². The molecule has 2 rings (SSSR count). The van der Waals surface area contributed by atoms with Crippen LogP contribution in [0.4, 0.5) is 0 Å². The molecule has 0 bridgehead atoms. The predicted octanol–water partition coefficient (Wildman–Crippen LogP) is 1.57. The van der Waals surface area contributed by atoms with Gasteiger partial charge in [0.2, 0.25) is 0 Å². The van der Waals surface area contributed by atoms with Gasteiger partial charge in [0, 0.05) is 5.02 Å². The Morgan fingerprint density at radius 3 is 2.60 bits per heavy atom. The van der Waals surface area contributed by atoms with Gasteiger partial charge in [0.05, 0.1) is 11.0 Å². The Morgan fingerprint density at radius 1 is 1.40 bits per heavy atom. The van der Waals surface area contributed by atoms with Gasteiger partial charge >= 0.3 is 5.69 Å². The van der Waals surface area contributed by atoms with Crippen molar-refractivity contribution < 1.29 is 0 Å². The first kappa shape index (κ1) is 10.3. The Morgan fingerprint density at radius 2 is 2.00 bits per heavy atom. The molecule has 0 aliphatic heterocycles. The van der Waals surface area contributed by atoms with E-state index in [1.807, 2.05) is 13.0 Å². The highest BCUT2D eigenvalue weighted by Crippen LogP contribution is 2.27. The molecule has 1 unspecified atom stereocenters. The summed E-state index contributed by atoms with van der Waals surface area (Å²) in [6.45, 7) is 2.53. The fourth-order valence-electron chi connectivity index (χ4n) is 1.58. The fraction of sp³-hybridized carbons (Fsp3) is 0.300. The van der Waals surface area contributed by atoms with Gasteiger partial charge in [-0.25, -0.2) is 4.79 Å². The van der Waals surface area contributed by atoms with E-state index in [4.69, 9.17) is 17.3 Å². The molecule has 80 valence electrons. The van der Waals surface area contributed by atoms with Crippen molar-refractivity contribution in [1.82, 2.24) is 9.97 Å². The number of hydrogen-bond donors (Lipinski definition) is 3. The number of hydrogen-bond acceptors (Lipinski definition) is 2. The van der Waals surface area contributed by atoms with Crippen molar-refractivity contribution in [3.63, 3.8) is 0 Å². The first-order chi connectivity index (χ1) is 7.11. The SMILES string of the molecule is CC(CN)c1cc2[nH]c(=O)[nH]c2cc1Cl. The molecule has 4 N–H and O–H groups in total. The van der Waals surface area contributed by atoms with Gasteiger partial charge in [0.25, 0.3) is 0 Å². The van der Waals surface area contributed by atoms with Gasteiger partial charge in [0.15, 0.2) is 0 Å². The lowest BCUT2D eigenvalue weighted by Crippen LogP contribution is -2.09. The van der Waals surface area contributed by atoms with Gasteiger partial charge < -0.3 is 15.7 Å². The van der Waals surface area contributed by atoms with Crippen molar-refractivity contribution in [1.29, 1.82) is 0 Å². The number of benzene rings is 1. The van der Waals surface area contributed by atoms with Crippen LogP contribution in [0.2, 0.25) is 5.02 Å². The molecule has 0 saturated heterocycles. The molecule has 0 amide bonds. The van der Waals surface area contributed by atoms with Crippen LogP contribution in [0.3, 0.4) is 0 Å². The van der Waals surface area contributed by atoms with Crippen LogP contribution in [-0.4, -0.2) is 16.5 Å². The number of rotatable bonds is 2. The Kier molecular flexibility index (Phi) is 2.54. The van der Waals surface area contributed by atoms with E-state index in [1.54, 1.807) is 6.07 Å². The molecule has 2 aromatic rings. The van der Waals surface area contributed by atoms with E-state index in [9.17, 15) is 4.79 Å². The second kappa shape index (κ2) is 3.72. The van der Waals surface area contributed by atoms with Gasteiger partial charge in [-0.2, -0.15) is 0 Å². The van der Waals surface area contributed by atoms with Crippen molar-refractivity contribution in [2.45, 2.75) is 12.8 Å². The minimum atomic E-state index is -0.224. The smallest absolute Gasteiger partial charge is 0.323 e. The molecule has 5 heteroatoms. The normalized spacial score (nSPS) is 13.3. The van der Waals surface area contributed by atoms with Gasteiger partial charge in [-0.15, -0.1) is 0 Å². The lowest BCUT2D eigenvalue weighted by molar-refractivity contribution is 0.775. The quantitative estimate of drug-likeness (QED) is 0.726. The van der Waals surface area contributed by atoms with Crippen molar-refractivity contribution in [3.05, 3.63) is 33.2 Å². The molecular formula is C10H12ClN3O. The van der Waals surface area contributed by atoms with Crippen molar-refractivity contribution >= 4 is 22.6 Å². The number of nitrogens with one attached hydrogen (secondary N) is 2. The zero-order chi connectivity index (χ0) is 11.0. The number of aromatic nitrogens is 2. The van der Waals surface area contributed by atoms with Crippen LogP contribution in [0.1, 0.15) is 18.4 Å². The highest BCUT2D eigenvalue weighted by molar-refractivity contribution is 6.32. The molecule has 1 heterocycles. The summed E-state index contributed by atoms with van der Waals surface area (Å²) in [6, 6.07) is 3.61. The van der Waals surface area contributed by atoms with Crippen LogP contribution in [-0.2, 0) is 0 Å². The molecule has 0 saturated carbocycles. The van der Waals surface area contributed by atoms with E-state index in [-0.39, 0.29) is 11.6 Å². The number of imidazole rings is 1. The number of aromatic amines is 2. The van der Waals surface area contributed by atoms with E-state index in [0.29, 0.717) is 11.6 Å². The van der Waals surface area contributed by atoms with Crippen LogP contribution in [0.25, 0.3) is 11.0 Å². The number of halogens is 1. The Bertz CT molecular complexity index is 543. The Balaban J connectivity index is 2.66. The average Bonchev–Trinajstić information content (AvgIpc) is 2.55. The third-order valence-corrected chi connectivity index (χ3v) is 2.85. The second-order valence-corrected chi connectivity index (χ2v) is 4.04. The highest BCUT2D eigenvalue weighted by atomic mass is 35.5. The minimum Gasteiger partial charge on any atom is -0.330 e. The molecule has 1 atom stereocenters. The van der Waals surface area contributed by atoms with Crippen molar-refractivity contribution in [2.24, 2.45) is 5.73 Å². The molecule has 0 aliphatic rings. The van der Waals surface area contributed by atoms with Crippen LogP contribution >= 0.6 is 11.6 Å². The maximum Gasteiger partial charge on any atom is 0.323 e. The van der Waals surface area contributed by atoms with Gasteiger partial charge in [-0.05, 0) is 30.2 Å². The molecule has 0 radical (unpaired) electrons. The van der Waals surface area contributed by atoms with Gasteiger partial charge in [-0.3, -0.25) is 0 Å². The van der Waals surface area contributed by atoms with E-state index in [0.717, 1.165) is 16.6 Å². The third-order valence-electron chi connectivity index (χ3n) is 2.52. The third kappa shape index (κ3) is 1.78. The zero-order valence-corrected chi connectivity index (χ0v) is 9.06. The van der Waals surface area contributed by atoms with Crippen molar-refractivity contribution in [3.8, 4) is 0 Å². The standard InChI is InChI=1S/C10H12ClN3O/c1-5(4-12)6-2-8-9(3-7(6)11)14-10(15)13-8/h2-3,5H,4,12H2,1H3,(H2,13,14,15). The number of H-pyrrole nitrogens is 2. The monoisotopic (exact) mass is 225 g/mol. The molecule has 0 aliphatic carbocycles. The van der Waals surface area contributed by atoms with Crippen LogP contribution in [0.5, 0.6) is 0 Å². The molecule has 0 spiro atoms. The Hall–Kier alpha value is -1.26. The summed E-state index contributed by atoms with van der Waals surface area (Å²) in [7, 11) is 0. The van der Waals surface area contributed by atoms with E-state index >= 15 is 0 Å². The highest BCUT2D eigenvalue weighted by Gasteiger charge is 2.10. The van der Waals surface area contributed by atoms with Crippen molar-refractivity contribution in [2.75, 3.05) is 6.54 Å². The molecule has 15 heavy (non-hydrogen) atoms. The van der Waals surface area contributed by atoms with E-state index in [1.165, 1.54) is 0 Å². The average molecular weight is 226 g/mol. The summed E-state index contributed by atoms with van der Waals surface area (Å²) < 4.78 is 0. The number of nitrogens with two attached hydrogens (primary N) is 1. The van der Waals surface area contributed by atoms with Gasteiger partial charge in [0.1, 0.15) is 0 Å². The van der Waals surface area contributed by atoms with Crippen LogP contribution in [0.15, 0.2) is 16.9 Å². The lowest BCUT2D eigenvalue weighted by Gasteiger charge is -2.10. The number of fused-ring (bicyclic) bond motifs is 1. The van der Waals surface area contributed by atoms with E-state index < -0.39 is 0 Å². The predicted molar refractivity (Wildman–Crippen MR) is 61.4 cm³/mol. The summed E-state index contributed by atoms with van der Waals surface area (Å²) in [4.78, 5) is 16.4. The molecular weight excluding hydrogens is 214 g/mol. The fourth-order valence-corrected chi connectivity index (χ4v) is 1.93. The topological polar surface area (TPSA) is 74.7 Å². The molecule has 4 nitrogen and oxygen atoms in total. The van der Waals surface area contributed by atoms with E-state index in [2.05, 4.69) is 9.97 Å². The van der Waals surface area contributed by atoms with Gasteiger partial charge in [-0.1, -0.05) is 18.5 Å². The molecule has 0 fully saturated rings. The first-order valence-electron chi connectivity index (χ1n) is 4.73. The Labute approximate surface area is 91.4 Å². The largest absolute Gasteiger partial charge is 0.330 e. The maximum absolute atomic E-state index is 11.1. The lowest BCUT2D eigenvalue weighted by atomic mass is 10.0. The second-order valence-electron chi connectivity index (χ2n) is 3.64. The summed E-state index contributed by atoms with van der Waals surface area (Å²) >= 11 is 6.09. The first-order valence-corrected chi connectivity index (χ1v) is 5.11. The summed E-state index contributed by atoms with van der Waals surface area (Å²) in [5.74, 6) is 0.181.